The van der Waals surface area contributed by atoms with Crippen LogP contribution in [0.4, 0.5) is 0 Å². The minimum absolute atomic E-state index is 0.555. The molecule has 9 heteroatoms. The van der Waals surface area contributed by atoms with Crippen LogP contribution in [-0.4, -0.2) is -4.24 Å². The fraction of sp³-hybridized carbons (Fsp3) is 0.143. The van der Waals surface area contributed by atoms with Crippen molar-refractivity contribution in [2.75, 3.05) is 0 Å². The van der Waals surface area contributed by atoms with E-state index in [-0.39, 0.29) is 0 Å². The van der Waals surface area contributed by atoms with Gasteiger partial charge < -0.3 is 0 Å². The third-order valence-corrected chi connectivity index (χ3v) is 142. The van der Waals surface area contributed by atoms with Crippen LogP contribution in [0.5, 0.6) is 0 Å². The predicted octanol–water partition coefficient (Wildman–Crippen LogP) is -5.16. The molecule has 0 N–H and O–H groups in total. The molecule has 0 atom stereocenters. The van der Waals surface area contributed by atoms with E-state index in [0.717, 1.165) is 83.2 Å². The SMILES string of the molecule is Cc1[c]([RaH])[c]([RaH])[c]([RaH])c2c1-c1c(C)[c]([RaH])[c]([RaH])[c]([RaH])c1[Si]2([RaH])[RaH]. The average molecular weight is 2020 g/mol. The van der Waals surface area contributed by atoms with Crippen molar-refractivity contribution in [3.8, 4) is 11.1 Å². The Bertz CT molecular complexity index is 816. The summed E-state index contributed by atoms with van der Waals surface area (Å²) in [5, 5.41) is 4.37. The topological polar surface area (TPSA) is 0 Å². The van der Waals surface area contributed by atoms with E-state index in [1.807, 2.05) is 23.5 Å². The minimum atomic E-state index is -0.944. The zero-order valence-corrected chi connectivity index (χ0v) is 83.3. The van der Waals surface area contributed by atoms with E-state index in [0.29, 0.717) is 257 Å². The Morgan fingerprint density at radius 2 is 0.826 bits per heavy atom. The average Bonchev–Trinajstić information content (AvgIpc) is 2.74. The van der Waals surface area contributed by atoms with Crippen LogP contribution in [0.15, 0.2) is 0 Å². The molecule has 0 unspecified atom stereocenters. The monoisotopic (exact) mass is 2020 g/mol. The molecule has 23 heavy (non-hydrogen) atoms. The van der Waals surface area contributed by atoms with Crippen molar-refractivity contribution in [3.63, 3.8) is 0 Å². The van der Waals surface area contributed by atoms with E-state index in [1.54, 1.807) is 0 Å². The van der Waals surface area contributed by atoms with Gasteiger partial charge >= 0.3 is 386 Å². The summed E-state index contributed by atoms with van der Waals surface area (Å²) in [5.41, 5.74) is 7.59. The molecule has 0 spiro atoms. The number of benzene rings is 2. The van der Waals surface area contributed by atoms with E-state index < -0.39 is -4.24 Å². The van der Waals surface area contributed by atoms with E-state index in [2.05, 4.69) is 26.6 Å². The standard InChI is InChI=1S/C14H6Si.8Ra.8H/c1-9-5-3-7-11-13(9)14-10(2)6-4-8-12(14)15-11;;;;;;;;;;;;;;;;/h1-2H3;;;;;;;;;;;;;;;;. The van der Waals surface area contributed by atoms with Crippen molar-refractivity contribution in [2.45, 2.75) is 13.8 Å². The molecule has 0 bridgehead atoms. The van der Waals surface area contributed by atoms with Crippen LogP contribution in [0, 0.1) is 354 Å². The molecule has 0 nitrogen and oxygen atoms in total. The van der Waals surface area contributed by atoms with Crippen LogP contribution >= 0.6 is 0 Å². The van der Waals surface area contributed by atoms with E-state index in [4.69, 9.17) is 0 Å². The van der Waals surface area contributed by atoms with Crippen LogP contribution in [0.3, 0.4) is 0 Å². The summed E-state index contributed by atoms with van der Waals surface area (Å²) in [6, 6.07) is 0. The quantitative estimate of drug-likeness (QED) is 0.232. The second kappa shape index (κ2) is 11.6. The van der Waals surface area contributed by atoms with Crippen molar-refractivity contribution in [3.05, 3.63) is 11.1 Å². The number of hydrogen-bond donors (Lipinski definition) is 0. The van der Waals surface area contributed by atoms with Crippen molar-refractivity contribution in [1.82, 2.24) is 0 Å². The molecule has 1 aliphatic heterocycles. The molecule has 0 saturated carbocycles. The molecule has 0 aromatic heterocycles. The van der Waals surface area contributed by atoms with Gasteiger partial charge in [-0.2, -0.15) is 0 Å². The fourth-order valence-corrected chi connectivity index (χ4v) is 191. The van der Waals surface area contributed by atoms with Gasteiger partial charge in [-0.25, -0.2) is 0 Å². The van der Waals surface area contributed by atoms with Crippen LogP contribution in [0.25, 0.3) is 11.1 Å². The Hall–Kier alpha value is 10.4. The first kappa shape index (κ1) is 28.0. The Morgan fingerprint density at radius 3 is 1.13 bits per heavy atom. The second-order valence-corrected chi connectivity index (χ2v) is 188. The van der Waals surface area contributed by atoms with E-state index >= 15 is 0 Å². The van der Waals surface area contributed by atoms with E-state index in [9.17, 15) is 0 Å². The van der Waals surface area contributed by atoms with Gasteiger partial charge in [0.25, 0.3) is 0 Å². The first-order valence-corrected chi connectivity index (χ1v) is 61.1. The molecule has 0 aliphatic carbocycles. The van der Waals surface area contributed by atoms with Crippen molar-refractivity contribution < 1.29 is 340 Å². The Morgan fingerprint density at radius 1 is 0.522 bits per heavy atom. The maximum atomic E-state index is 2.56. The molecule has 2 aromatic rings. The van der Waals surface area contributed by atoms with Gasteiger partial charge in [-0.05, 0) is 0 Å². The normalized spacial score (nSPS) is 14.2. The van der Waals surface area contributed by atoms with Crippen LogP contribution < -0.4 is 14.0 Å². The summed E-state index contributed by atoms with van der Waals surface area (Å²) >= 11 is 4.93. The van der Waals surface area contributed by atoms with Crippen LogP contribution in [0.2, 0.25) is 0 Å². The Labute approximate surface area is 370 Å². The molecular weight excluding hydrogens is 2000 g/mol. The van der Waals surface area contributed by atoms with Gasteiger partial charge in [-0.1, -0.05) is 0 Å². The van der Waals surface area contributed by atoms with Crippen LogP contribution in [0.1, 0.15) is 11.1 Å². The fourth-order valence-electron chi connectivity index (χ4n) is 4.94. The zero-order chi connectivity index (χ0) is 17.4. The molecule has 0 saturated heterocycles. The summed E-state index contributed by atoms with van der Waals surface area (Å²) in [5.74, 6) is 0. The Balaban J connectivity index is 2.63. The summed E-state index contributed by atoms with van der Waals surface area (Å²) in [6.07, 6.45) is 0. The third-order valence-electron chi connectivity index (χ3n) is 6.88. The molecule has 2 aromatic carbocycles. The molecule has 0 fully saturated rings. The van der Waals surface area contributed by atoms with Crippen molar-refractivity contribution in [1.29, 1.82) is 0 Å². The number of hydrogen-bond acceptors (Lipinski definition) is 0. The summed E-state index contributed by atoms with van der Waals surface area (Å²) in [4.78, 5) is 0. The van der Waals surface area contributed by atoms with Gasteiger partial charge in [0.05, 0.1) is 0 Å². The van der Waals surface area contributed by atoms with Gasteiger partial charge in [0.15, 0.2) is 0 Å². The molecule has 1 aliphatic rings. The first-order chi connectivity index (χ1) is 10.5. The van der Waals surface area contributed by atoms with Gasteiger partial charge in [0.1, 0.15) is 0 Å². The molecular formula is C14H14Ra8Si. The summed E-state index contributed by atoms with van der Waals surface area (Å²) in [6.45, 7) is 5.12. The van der Waals surface area contributed by atoms with Gasteiger partial charge in [-0.15, -0.1) is 0 Å². The maximum absolute atomic E-state index is 2.56. The molecule has 0 amide bonds. The number of rotatable bonds is 0. The van der Waals surface area contributed by atoms with Crippen molar-refractivity contribution in [2.24, 2.45) is 0 Å². The predicted molar refractivity (Wildman–Crippen MR) is 75.3 cm³/mol. The van der Waals surface area contributed by atoms with Gasteiger partial charge in [0, 0.05) is 0 Å². The molecule has 3 rings (SSSR count). The Kier molecular flexibility index (Phi) is 14.1. The van der Waals surface area contributed by atoms with E-state index in [1.165, 1.54) is 0 Å². The molecule has 0 radical (unpaired) electrons. The summed E-state index contributed by atoms with van der Waals surface area (Å²) < 4.78 is 11.3. The molecule has 1 heterocycles. The zero-order valence-electron chi connectivity index (χ0n) is 16.5. The second-order valence-electron chi connectivity index (χ2n) is 8.12. The first-order valence-electron chi connectivity index (χ1n) is 8.75. The third kappa shape index (κ3) is 5.41. The summed E-state index contributed by atoms with van der Waals surface area (Å²) in [7, 11) is 0. The van der Waals surface area contributed by atoms with Crippen LogP contribution in [-0.2, 0) is 0 Å². The van der Waals surface area contributed by atoms with Gasteiger partial charge in [0.2, 0.25) is 0 Å². The molecule has 90 valence electrons. The number of fused-ring (bicyclic) bond motifs is 3. The van der Waals surface area contributed by atoms with Gasteiger partial charge in [-0.3, -0.25) is 0 Å². The van der Waals surface area contributed by atoms with Crippen molar-refractivity contribution >= 4 is 9.76 Å².